The molecule has 1 fully saturated rings. The fourth-order valence-corrected chi connectivity index (χ4v) is 4.12. The van der Waals surface area contributed by atoms with Crippen LogP contribution in [0.3, 0.4) is 0 Å². The highest BCUT2D eigenvalue weighted by atomic mass is 19.4. The molecule has 1 atom stereocenters. The highest BCUT2D eigenvalue weighted by Gasteiger charge is 2.60. The summed E-state index contributed by atoms with van der Waals surface area (Å²) < 4.78 is 137. The molecular formula is C23H16F10N2O3. The van der Waals surface area contributed by atoms with Gasteiger partial charge in [-0.1, -0.05) is 24.3 Å². The van der Waals surface area contributed by atoms with Gasteiger partial charge in [0.1, 0.15) is 6.61 Å². The molecule has 2 aromatic carbocycles. The molecule has 2 N–H and O–H groups in total. The molecule has 1 amide bonds. The number of amides is 1. The number of carbonyl (C=O) groups is 1. The molecule has 1 saturated heterocycles. The summed E-state index contributed by atoms with van der Waals surface area (Å²) in [6.45, 7) is -1.56. The van der Waals surface area contributed by atoms with Gasteiger partial charge in [0.25, 0.3) is 0 Å². The van der Waals surface area contributed by atoms with Crippen LogP contribution >= 0.6 is 0 Å². The SMILES string of the molecule is O=C(CO)N1CC(F)(c2ccc(C3=CC(c4cc(C(F)(F)F)cc(C(F)(F)F)c4)(C(F)(F)F)ON3)cc2)C1. The molecular weight excluding hydrogens is 542 g/mol. The lowest BCUT2D eigenvalue weighted by Crippen LogP contribution is -2.59. The van der Waals surface area contributed by atoms with Crippen molar-refractivity contribution in [2.24, 2.45) is 0 Å². The van der Waals surface area contributed by atoms with E-state index >= 15 is 4.39 Å². The number of likely N-dealkylation sites (tertiary alicyclic amines) is 1. The van der Waals surface area contributed by atoms with E-state index in [-0.39, 0.29) is 42.4 Å². The van der Waals surface area contributed by atoms with Crippen molar-refractivity contribution in [1.29, 1.82) is 0 Å². The normalized spacial score (nSPS) is 21.6. The van der Waals surface area contributed by atoms with Crippen molar-refractivity contribution in [1.82, 2.24) is 10.4 Å². The third kappa shape index (κ3) is 4.79. The van der Waals surface area contributed by atoms with Crippen molar-refractivity contribution in [2.75, 3.05) is 19.7 Å². The highest BCUT2D eigenvalue weighted by Crippen LogP contribution is 2.49. The second kappa shape index (κ2) is 8.86. The Bertz CT molecular complexity index is 1230. The number of hydrogen-bond donors (Lipinski definition) is 2. The Morgan fingerprint density at radius 2 is 1.42 bits per heavy atom. The van der Waals surface area contributed by atoms with Gasteiger partial charge >= 0.3 is 18.5 Å². The van der Waals surface area contributed by atoms with E-state index in [9.17, 15) is 44.3 Å². The van der Waals surface area contributed by atoms with Crippen LogP contribution in [0.4, 0.5) is 43.9 Å². The summed E-state index contributed by atoms with van der Waals surface area (Å²) in [4.78, 5) is 17.1. The maximum atomic E-state index is 15.0. The van der Waals surface area contributed by atoms with Crippen LogP contribution in [0.15, 0.2) is 48.5 Å². The Morgan fingerprint density at radius 3 is 1.87 bits per heavy atom. The zero-order chi connectivity index (χ0) is 28.3. The van der Waals surface area contributed by atoms with Gasteiger partial charge in [-0.3, -0.25) is 15.1 Å². The van der Waals surface area contributed by atoms with Gasteiger partial charge in [0.2, 0.25) is 11.5 Å². The minimum Gasteiger partial charge on any atom is -0.387 e. The number of hydroxylamine groups is 1. The molecule has 2 heterocycles. The quantitative estimate of drug-likeness (QED) is 0.516. The fourth-order valence-electron chi connectivity index (χ4n) is 4.12. The molecule has 2 aliphatic heterocycles. The van der Waals surface area contributed by atoms with Crippen LogP contribution in [0.2, 0.25) is 0 Å². The summed E-state index contributed by atoms with van der Waals surface area (Å²) in [5, 5.41) is 8.83. The summed E-state index contributed by atoms with van der Waals surface area (Å²) in [6.07, 6.45) is -16.0. The largest absolute Gasteiger partial charge is 0.428 e. The summed E-state index contributed by atoms with van der Waals surface area (Å²) in [5.41, 5.74) is -9.61. The molecule has 0 aromatic heterocycles. The molecule has 38 heavy (non-hydrogen) atoms. The standard InChI is InChI=1S/C23H16F10N2O3/c24-19(10-35(11-19)18(37)9-36)13-3-1-12(2-4-13)17-8-20(38-34-17,23(31,32)33)14-5-15(21(25,26)27)7-16(6-14)22(28,29)30/h1-8,34,36H,9-11H2. The van der Waals surface area contributed by atoms with Crippen molar-refractivity contribution in [3.63, 3.8) is 0 Å². The smallest absolute Gasteiger partial charge is 0.387 e. The molecule has 0 bridgehead atoms. The summed E-state index contributed by atoms with van der Waals surface area (Å²) in [6, 6.07) is 4.26. The summed E-state index contributed by atoms with van der Waals surface area (Å²) >= 11 is 0. The first-order chi connectivity index (χ1) is 17.4. The fraction of sp³-hybridized carbons (Fsp3) is 0.348. The maximum absolute atomic E-state index is 15.0. The van der Waals surface area contributed by atoms with E-state index in [2.05, 4.69) is 4.84 Å². The van der Waals surface area contributed by atoms with Crippen LogP contribution in [0.1, 0.15) is 27.8 Å². The molecule has 0 aliphatic carbocycles. The van der Waals surface area contributed by atoms with Crippen molar-refractivity contribution < 1.29 is 58.6 Å². The van der Waals surface area contributed by atoms with Gasteiger partial charge in [0, 0.05) is 5.56 Å². The molecule has 0 spiro atoms. The number of carbonyl (C=O) groups excluding carboxylic acids is 1. The van der Waals surface area contributed by atoms with Gasteiger partial charge in [-0.15, -0.1) is 0 Å². The van der Waals surface area contributed by atoms with E-state index in [1.807, 2.05) is 5.48 Å². The highest BCUT2D eigenvalue weighted by molar-refractivity contribution is 5.78. The maximum Gasteiger partial charge on any atom is 0.428 e. The lowest BCUT2D eigenvalue weighted by molar-refractivity contribution is -0.269. The number of halogens is 10. The van der Waals surface area contributed by atoms with Gasteiger partial charge in [0.05, 0.1) is 29.9 Å². The van der Waals surface area contributed by atoms with Crippen molar-refractivity contribution in [2.45, 2.75) is 29.8 Å². The third-order valence-electron chi connectivity index (χ3n) is 6.19. The first kappa shape index (κ1) is 27.7. The number of nitrogens with one attached hydrogen (secondary N) is 1. The monoisotopic (exact) mass is 558 g/mol. The second-order valence-electron chi connectivity index (χ2n) is 8.74. The van der Waals surface area contributed by atoms with Crippen LogP contribution in [0.25, 0.3) is 5.70 Å². The molecule has 2 aliphatic rings. The van der Waals surface area contributed by atoms with Gasteiger partial charge in [0.15, 0.2) is 5.67 Å². The lowest BCUT2D eigenvalue weighted by Gasteiger charge is -2.44. The van der Waals surface area contributed by atoms with Crippen LogP contribution < -0.4 is 5.48 Å². The summed E-state index contributed by atoms with van der Waals surface area (Å²) in [5.74, 6) is -0.695. The summed E-state index contributed by atoms with van der Waals surface area (Å²) in [7, 11) is 0. The Morgan fingerprint density at radius 1 is 0.895 bits per heavy atom. The number of hydrogen-bond acceptors (Lipinski definition) is 4. The molecule has 15 heteroatoms. The number of aliphatic hydroxyl groups excluding tert-OH is 1. The Kier molecular flexibility index (Phi) is 6.46. The minimum atomic E-state index is -5.51. The molecule has 0 radical (unpaired) electrons. The van der Waals surface area contributed by atoms with E-state index in [1.165, 1.54) is 12.1 Å². The Balaban J connectivity index is 1.72. The van der Waals surface area contributed by atoms with Crippen LogP contribution in [-0.4, -0.2) is 41.8 Å². The van der Waals surface area contributed by atoms with Gasteiger partial charge in [-0.05, 0) is 35.4 Å². The molecule has 4 rings (SSSR count). The van der Waals surface area contributed by atoms with E-state index in [4.69, 9.17) is 5.11 Å². The minimum absolute atomic E-state index is 0.0471. The number of alkyl halides is 10. The van der Waals surface area contributed by atoms with E-state index < -0.39 is 64.7 Å². The van der Waals surface area contributed by atoms with Crippen molar-refractivity contribution in [3.05, 3.63) is 76.4 Å². The van der Waals surface area contributed by atoms with E-state index in [0.717, 1.165) is 17.0 Å². The molecule has 0 saturated carbocycles. The molecule has 5 nitrogen and oxygen atoms in total. The average molecular weight is 558 g/mol. The van der Waals surface area contributed by atoms with Crippen molar-refractivity contribution in [3.8, 4) is 0 Å². The van der Waals surface area contributed by atoms with E-state index in [0.29, 0.717) is 6.08 Å². The zero-order valence-corrected chi connectivity index (χ0v) is 18.7. The first-order valence-electron chi connectivity index (χ1n) is 10.6. The molecule has 1 unspecified atom stereocenters. The van der Waals surface area contributed by atoms with Crippen molar-refractivity contribution >= 4 is 11.6 Å². The Labute approximate surface area is 207 Å². The lowest BCUT2D eigenvalue weighted by atomic mass is 9.86. The molecule has 206 valence electrons. The van der Waals surface area contributed by atoms with Crippen LogP contribution in [0, 0.1) is 0 Å². The number of nitrogens with zero attached hydrogens (tertiary/aromatic N) is 1. The van der Waals surface area contributed by atoms with Gasteiger partial charge in [-0.2, -0.15) is 39.5 Å². The van der Waals surface area contributed by atoms with E-state index in [1.54, 1.807) is 0 Å². The van der Waals surface area contributed by atoms with Gasteiger partial charge < -0.3 is 10.0 Å². The topological polar surface area (TPSA) is 61.8 Å². The number of rotatable bonds is 4. The van der Waals surface area contributed by atoms with Gasteiger partial charge in [-0.25, -0.2) is 4.39 Å². The average Bonchev–Trinajstić information content (AvgIpc) is 3.27. The zero-order valence-electron chi connectivity index (χ0n) is 18.7. The first-order valence-corrected chi connectivity index (χ1v) is 10.6. The second-order valence-corrected chi connectivity index (χ2v) is 8.74. The van der Waals surface area contributed by atoms with Crippen LogP contribution in [-0.2, 0) is 33.3 Å². The van der Waals surface area contributed by atoms with Crippen LogP contribution in [0.5, 0.6) is 0 Å². The number of aliphatic hydroxyl groups is 1. The predicted molar refractivity (Wildman–Crippen MR) is 109 cm³/mol. The Hall–Kier alpha value is -3.33. The third-order valence-corrected chi connectivity index (χ3v) is 6.19. The number of benzene rings is 2. The molecule has 2 aromatic rings. The predicted octanol–water partition coefficient (Wildman–Crippen LogP) is 5.06.